The number of halogens is 2. The quantitative estimate of drug-likeness (QED) is 0.828. The maximum absolute atomic E-state index is 13.0. The van der Waals surface area contributed by atoms with E-state index in [2.05, 4.69) is 10.1 Å². The van der Waals surface area contributed by atoms with E-state index in [0.717, 1.165) is 12.1 Å². The minimum absolute atomic E-state index is 0.242. The zero-order chi connectivity index (χ0) is 13.1. The molecular weight excluding hydrogens is 244 g/mol. The number of ether oxygens (including phenoxy) is 2. The first-order valence-electron chi connectivity index (χ1n) is 5.53. The Morgan fingerprint density at radius 3 is 2.83 bits per heavy atom. The molecule has 2 rings (SSSR count). The fourth-order valence-electron chi connectivity index (χ4n) is 1.86. The zero-order valence-corrected chi connectivity index (χ0v) is 9.78. The van der Waals surface area contributed by atoms with Gasteiger partial charge in [-0.2, -0.15) is 0 Å². The molecule has 0 aliphatic carbocycles. The third kappa shape index (κ3) is 2.76. The summed E-state index contributed by atoms with van der Waals surface area (Å²) < 4.78 is 35.7. The number of carbonyl (C=O) groups is 1. The zero-order valence-electron chi connectivity index (χ0n) is 9.78. The van der Waals surface area contributed by atoms with Crippen LogP contribution in [0.5, 0.6) is 5.75 Å². The van der Waals surface area contributed by atoms with E-state index >= 15 is 0 Å². The van der Waals surface area contributed by atoms with E-state index in [1.807, 2.05) is 0 Å². The van der Waals surface area contributed by atoms with Gasteiger partial charge >= 0.3 is 5.97 Å². The Labute approximate surface area is 103 Å². The van der Waals surface area contributed by atoms with Crippen molar-refractivity contribution in [2.24, 2.45) is 0 Å². The topological polar surface area (TPSA) is 47.6 Å². The summed E-state index contributed by atoms with van der Waals surface area (Å²) in [6, 6.07) is 2.93. The minimum atomic E-state index is -0.956. The molecule has 2 atom stereocenters. The van der Waals surface area contributed by atoms with Crippen molar-refractivity contribution < 1.29 is 23.0 Å². The Morgan fingerprint density at radius 1 is 1.39 bits per heavy atom. The highest BCUT2D eigenvalue weighted by Gasteiger charge is 2.31. The predicted molar refractivity (Wildman–Crippen MR) is 59.2 cm³/mol. The van der Waals surface area contributed by atoms with Crippen molar-refractivity contribution in [1.29, 1.82) is 0 Å². The lowest BCUT2D eigenvalue weighted by molar-refractivity contribution is -0.142. The first-order chi connectivity index (χ1) is 8.60. The molecule has 18 heavy (non-hydrogen) atoms. The molecule has 1 heterocycles. The maximum Gasteiger partial charge on any atom is 0.323 e. The first-order valence-corrected chi connectivity index (χ1v) is 5.53. The number of benzene rings is 1. The molecule has 0 radical (unpaired) electrons. The lowest BCUT2D eigenvalue weighted by Crippen LogP contribution is -2.31. The average Bonchev–Trinajstić information content (AvgIpc) is 2.81. The van der Waals surface area contributed by atoms with Crippen molar-refractivity contribution in [3.8, 4) is 5.75 Å². The van der Waals surface area contributed by atoms with E-state index in [1.165, 1.54) is 13.2 Å². The molecule has 1 aliphatic rings. The molecule has 0 unspecified atom stereocenters. The summed E-state index contributed by atoms with van der Waals surface area (Å²) >= 11 is 0. The van der Waals surface area contributed by atoms with Gasteiger partial charge in [0.1, 0.15) is 17.9 Å². The van der Waals surface area contributed by atoms with Gasteiger partial charge in [0.05, 0.1) is 7.11 Å². The number of hydrogen-bond acceptors (Lipinski definition) is 4. The molecule has 1 aromatic rings. The van der Waals surface area contributed by atoms with E-state index in [4.69, 9.17) is 4.74 Å². The second-order valence-electron chi connectivity index (χ2n) is 4.04. The monoisotopic (exact) mass is 257 g/mol. The van der Waals surface area contributed by atoms with E-state index in [1.54, 1.807) is 0 Å². The largest absolute Gasteiger partial charge is 0.489 e. The average molecular weight is 257 g/mol. The fraction of sp³-hybridized carbons (Fsp3) is 0.417. The molecule has 98 valence electrons. The van der Waals surface area contributed by atoms with Crippen molar-refractivity contribution >= 4 is 5.97 Å². The molecule has 0 amide bonds. The Balaban J connectivity index is 1.95. The van der Waals surface area contributed by atoms with Crippen LogP contribution in [0.25, 0.3) is 0 Å². The van der Waals surface area contributed by atoms with Gasteiger partial charge in [-0.1, -0.05) is 0 Å². The van der Waals surface area contributed by atoms with Gasteiger partial charge in [0, 0.05) is 19.0 Å². The SMILES string of the molecule is COC(=O)[C@@H]1C[C@H](Oc2ccc(F)c(F)c2)CN1. The number of nitrogens with one attached hydrogen (secondary N) is 1. The number of hydrogen-bond donors (Lipinski definition) is 1. The Morgan fingerprint density at radius 2 is 2.17 bits per heavy atom. The maximum atomic E-state index is 13.0. The number of rotatable bonds is 3. The number of methoxy groups -OCH3 is 1. The third-order valence-electron chi connectivity index (χ3n) is 2.77. The number of carbonyl (C=O) groups excluding carboxylic acids is 1. The molecule has 1 N–H and O–H groups in total. The van der Waals surface area contributed by atoms with E-state index in [9.17, 15) is 13.6 Å². The van der Waals surface area contributed by atoms with Gasteiger partial charge in [-0.15, -0.1) is 0 Å². The van der Waals surface area contributed by atoms with Gasteiger partial charge in [-0.3, -0.25) is 4.79 Å². The molecule has 0 spiro atoms. The van der Waals surface area contributed by atoms with E-state index in [0.29, 0.717) is 13.0 Å². The van der Waals surface area contributed by atoms with Crippen molar-refractivity contribution in [3.05, 3.63) is 29.8 Å². The lowest BCUT2D eigenvalue weighted by Gasteiger charge is -2.12. The number of esters is 1. The molecule has 4 nitrogen and oxygen atoms in total. The summed E-state index contributed by atoms with van der Waals surface area (Å²) in [5.74, 6) is -1.99. The molecule has 1 fully saturated rings. The van der Waals surface area contributed by atoms with Crippen LogP contribution in [0, 0.1) is 11.6 Å². The molecular formula is C12H13F2NO3. The highest BCUT2D eigenvalue weighted by atomic mass is 19.2. The van der Waals surface area contributed by atoms with Gasteiger partial charge in [-0.25, -0.2) is 8.78 Å². The fourth-order valence-corrected chi connectivity index (χ4v) is 1.86. The second kappa shape index (κ2) is 5.30. The summed E-state index contributed by atoms with van der Waals surface area (Å²) in [7, 11) is 1.31. The van der Waals surface area contributed by atoms with Crippen molar-refractivity contribution in [1.82, 2.24) is 5.32 Å². The van der Waals surface area contributed by atoms with E-state index < -0.39 is 17.7 Å². The van der Waals surface area contributed by atoms with Crippen LogP contribution in [0.4, 0.5) is 8.78 Å². The van der Waals surface area contributed by atoms with Crippen molar-refractivity contribution in [2.45, 2.75) is 18.6 Å². The van der Waals surface area contributed by atoms with Crippen LogP contribution < -0.4 is 10.1 Å². The van der Waals surface area contributed by atoms with Crippen LogP contribution in [0.15, 0.2) is 18.2 Å². The third-order valence-corrected chi connectivity index (χ3v) is 2.77. The van der Waals surface area contributed by atoms with Crippen LogP contribution >= 0.6 is 0 Å². The Hall–Kier alpha value is -1.69. The van der Waals surface area contributed by atoms with Gasteiger partial charge in [0.15, 0.2) is 11.6 Å². The van der Waals surface area contributed by atoms with Crippen LogP contribution in [-0.4, -0.2) is 31.8 Å². The molecule has 1 saturated heterocycles. The molecule has 0 bridgehead atoms. The minimum Gasteiger partial charge on any atom is -0.489 e. The van der Waals surface area contributed by atoms with Gasteiger partial charge in [0.2, 0.25) is 0 Å². The summed E-state index contributed by atoms with van der Waals surface area (Å²) in [6.45, 7) is 0.457. The van der Waals surface area contributed by atoms with Crippen LogP contribution in [0.1, 0.15) is 6.42 Å². The normalized spacial score (nSPS) is 22.8. The molecule has 1 aliphatic heterocycles. The first kappa shape index (κ1) is 12.8. The summed E-state index contributed by atoms with van der Waals surface area (Å²) in [5, 5.41) is 2.94. The summed E-state index contributed by atoms with van der Waals surface area (Å²) in [4.78, 5) is 11.3. The molecule has 0 aromatic heterocycles. The predicted octanol–water partition coefficient (Wildman–Crippen LogP) is 1.25. The Bertz CT molecular complexity index is 453. The van der Waals surface area contributed by atoms with E-state index in [-0.39, 0.29) is 17.8 Å². The second-order valence-corrected chi connectivity index (χ2v) is 4.04. The van der Waals surface area contributed by atoms with Crippen molar-refractivity contribution in [2.75, 3.05) is 13.7 Å². The molecule has 1 aromatic carbocycles. The highest BCUT2D eigenvalue weighted by molar-refractivity contribution is 5.76. The molecule has 6 heteroatoms. The van der Waals surface area contributed by atoms with Crippen molar-refractivity contribution in [3.63, 3.8) is 0 Å². The van der Waals surface area contributed by atoms with Gasteiger partial charge in [0.25, 0.3) is 0 Å². The van der Waals surface area contributed by atoms with Crippen LogP contribution in [0.3, 0.4) is 0 Å². The Kier molecular flexibility index (Phi) is 3.76. The highest BCUT2D eigenvalue weighted by Crippen LogP contribution is 2.20. The lowest BCUT2D eigenvalue weighted by atomic mass is 10.2. The smallest absolute Gasteiger partial charge is 0.323 e. The van der Waals surface area contributed by atoms with Crippen LogP contribution in [-0.2, 0) is 9.53 Å². The van der Waals surface area contributed by atoms with Gasteiger partial charge < -0.3 is 14.8 Å². The van der Waals surface area contributed by atoms with Gasteiger partial charge in [-0.05, 0) is 12.1 Å². The standard InChI is InChI=1S/C12H13F2NO3/c1-17-12(16)11-5-8(6-15-11)18-7-2-3-9(13)10(14)4-7/h2-4,8,11,15H,5-6H2,1H3/t8-,11-/m0/s1. The summed E-state index contributed by atoms with van der Waals surface area (Å²) in [5.41, 5.74) is 0. The van der Waals surface area contributed by atoms with Crippen LogP contribution in [0.2, 0.25) is 0 Å². The molecule has 0 saturated carbocycles. The summed E-state index contributed by atoms with van der Waals surface area (Å²) in [6.07, 6.45) is 0.171.